The lowest BCUT2D eigenvalue weighted by Crippen LogP contribution is -2.15. The molecule has 0 bridgehead atoms. The van der Waals surface area contributed by atoms with Gasteiger partial charge in [0.2, 0.25) is 5.91 Å². The van der Waals surface area contributed by atoms with Crippen LogP contribution in [0.4, 0.5) is 10.8 Å². The molecule has 0 unspecified atom stereocenters. The highest BCUT2D eigenvalue weighted by Crippen LogP contribution is 2.17. The molecule has 5 nitrogen and oxygen atoms in total. The van der Waals surface area contributed by atoms with Gasteiger partial charge in [0.15, 0.2) is 5.13 Å². The molecule has 1 aromatic carbocycles. The molecule has 6 heteroatoms. The van der Waals surface area contributed by atoms with Crippen molar-refractivity contribution in [1.29, 1.82) is 5.26 Å². The molecule has 0 spiro atoms. The predicted octanol–water partition coefficient (Wildman–Crippen LogP) is 2.09. The van der Waals surface area contributed by atoms with E-state index in [0.29, 0.717) is 22.1 Å². The van der Waals surface area contributed by atoms with Crippen LogP contribution in [-0.4, -0.2) is 10.9 Å². The van der Waals surface area contributed by atoms with Crippen LogP contribution in [0.15, 0.2) is 23.6 Å². The second-order valence-electron chi connectivity index (χ2n) is 4.04. The maximum absolute atomic E-state index is 11.9. The first-order valence-electron chi connectivity index (χ1n) is 5.59. The van der Waals surface area contributed by atoms with Gasteiger partial charge in [-0.25, -0.2) is 4.98 Å². The summed E-state index contributed by atoms with van der Waals surface area (Å²) in [6.07, 6.45) is 0.171. The average molecular weight is 272 g/mol. The Balaban J connectivity index is 2.09. The molecule has 0 aliphatic carbocycles. The summed E-state index contributed by atoms with van der Waals surface area (Å²) in [6, 6.07) is 7.21. The summed E-state index contributed by atoms with van der Waals surface area (Å²) >= 11 is 1.31. The maximum atomic E-state index is 11.9. The number of carbonyl (C=O) groups is 1. The molecular formula is C13H12N4OS. The van der Waals surface area contributed by atoms with E-state index in [4.69, 9.17) is 11.0 Å². The standard InChI is InChI=1S/C13H12N4OS/c1-8-2-3-9(6-14)4-11(8)17-12(18)5-10-7-19-13(15)16-10/h2-4,7H,5H2,1H3,(H2,15,16)(H,17,18). The highest BCUT2D eigenvalue weighted by molar-refractivity contribution is 7.13. The van der Waals surface area contributed by atoms with Gasteiger partial charge in [0.1, 0.15) is 0 Å². The maximum Gasteiger partial charge on any atom is 0.230 e. The summed E-state index contributed by atoms with van der Waals surface area (Å²) in [6.45, 7) is 1.87. The molecular weight excluding hydrogens is 260 g/mol. The van der Waals surface area contributed by atoms with Crippen LogP contribution < -0.4 is 11.1 Å². The minimum atomic E-state index is -0.177. The van der Waals surface area contributed by atoms with Gasteiger partial charge in [-0.15, -0.1) is 11.3 Å². The number of amides is 1. The first-order chi connectivity index (χ1) is 9.08. The van der Waals surface area contributed by atoms with Crippen molar-refractivity contribution in [3.63, 3.8) is 0 Å². The summed E-state index contributed by atoms with van der Waals surface area (Å²) < 4.78 is 0. The number of nitrogens with two attached hydrogens (primary N) is 1. The van der Waals surface area contributed by atoms with Crippen LogP contribution in [0, 0.1) is 18.3 Å². The van der Waals surface area contributed by atoms with Gasteiger partial charge in [-0.05, 0) is 24.6 Å². The van der Waals surface area contributed by atoms with Gasteiger partial charge in [0, 0.05) is 11.1 Å². The number of carbonyl (C=O) groups excluding carboxylic acids is 1. The van der Waals surface area contributed by atoms with Crippen molar-refractivity contribution < 1.29 is 4.79 Å². The molecule has 1 aromatic heterocycles. The van der Waals surface area contributed by atoms with Gasteiger partial charge in [-0.3, -0.25) is 4.79 Å². The first kappa shape index (κ1) is 13.1. The second kappa shape index (κ2) is 5.50. The lowest BCUT2D eigenvalue weighted by Gasteiger charge is -2.07. The van der Waals surface area contributed by atoms with E-state index < -0.39 is 0 Å². The quantitative estimate of drug-likeness (QED) is 0.894. The number of hydrogen-bond acceptors (Lipinski definition) is 5. The van der Waals surface area contributed by atoms with Gasteiger partial charge >= 0.3 is 0 Å². The van der Waals surface area contributed by atoms with E-state index in [0.717, 1.165) is 5.56 Å². The predicted molar refractivity (Wildman–Crippen MR) is 74.8 cm³/mol. The molecule has 2 rings (SSSR count). The van der Waals surface area contributed by atoms with Gasteiger partial charge in [0.05, 0.1) is 23.7 Å². The fourth-order valence-electron chi connectivity index (χ4n) is 1.59. The van der Waals surface area contributed by atoms with Crippen LogP contribution in [0.1, 0.15) is 16.8 Å². The summed E-state index contributed by atoms with van der Waals surface area (Å²) in [5.41, 5.74) is 8.22. The topological polar surface area (TPSA) is 91.8 Å². The Morgan fingerprint density at radius 2 is 2.37 bits per heavy atom. The highest BCUT2D eigenvalue weighted by Gasteiger charge is 2.09. The molecule has 3 N–H and O–H groups in total. The SMILES string of the molecule is Cc1ccc(C#N)cc1NC(=O)Cc1csc(N)n1. The number of anilines is 2. The van der Waals surface area contributed by atoms with Gasteiger partial charge in [-0.1, -0.05) is 6.07 Å². The Morgan fingerprint density at radius 3 is 3.00 bits per heavy atom. The number of nitrogen functional groups attached to an aromatic ring is 1. The van der Waals surface area contributed by atoms with Crippen molar-refractivity contribution >= 4 is 28.1 Å². The molecule has 0 aliphatic heterocycles. The van der Waals surface area contributed by atoms with Crippen LogP contribution >= 0.6 is 11.3 Å². The Labute approximate surface area is 114 Å². The Hall–Kier alpha value is -2.39. The van der Waals surface area contributed by atoms with E-state index in [2.05, 4.69) is 10.3 Å². The van der Waals surface area contributed by atoms with Gasteiger partial charge in [0.25, 0.3) is 0 Å². The van der Waals surface area contributed by atoms with Crippen LogP contribution in [-0.2, 0) is 11.2 Å². The molecule has 0 aliphatic rings. The number of rotatable bonds is 3. The van der Waals surface area contributed by atoms with E-state index in [-0.39, 0.29) is 12.3 Å². The van der Waals surface area contributed by atoms with E-state index in [9.17, 15) is 4.79 Å². The molecule has 0 atom stereocenters. The number of aryl methyl sites for hydroxylation is 1. The zero-order chi connectivity index (χ0) is 13.8. The van der Waals surface area contributed by atoms with Crippen molar-refractivity contribution in [2.24, 2.45) is 0 Å². The van der Waals surface area contributed by atoms with Crippen LogP contribution in [0.2, 0.25) is 0 Å². The lowest BCUT2D eigenvalue weighted by atomic mass is 10.1. The van der Waals surface area contributed by atoms with Crippen molar-refractivity contribution in [3.8, 4) is 6.07 Å². The Kier molecular flexibility index (Phi) is 3.78. The Bertz CT molecular complexity index is 657. The lowest BCUT2D eigenvalue weighted by molar-refractivity contribution is -0.115. The number of nitrogens with one attached hydrogen (secondary N) is 1. The van der Waals surface area contributed by atoms with Gasteiger partial charge in [-0.2, -0.15) is 5.26 Å². The zero-order valence-corrected chi connectivity index (χ0v) is 11.1. The third kappa shape index (κ3) is 3.30. The number of benzene rings is 1. The van der Waals surface area contributed by atoms with Gasteiger partial charge < -0.3 is 11.1 Å². The average Bonchev–Trinajstić information content (AvgIpc) is 2.77. The fourth-order valence-corrected chi connectivity index (χ4v) is 2.15. The molecule has 19 heavy (non-hydrogen) atoms. The minimum Gasteiger partial charge on any atom is -0.375 e. The van der Waals surface area contributed by atoms with E-state index in [1.807, 2.05) is 13.0 Å². The largest absolute Gasteiger partial charge is 0.375 e. The molecule has 2 aromatic rings. The number of aromatic nitrogens is 1. The molecule has 1 amide bonds. The highest BCUT2D eigenvalue weighted by atomic mass is 32.1. The number of nitrogens with zero attached hydrogens (tertiary/aromatic N) is 2. The summed E-state index contributed by atoms with van der Waals surface area (Å²) in [4.78, 5) is 15.9. The minimum absolute atomic E-state index is 0.171. The molecule has 1 heterocycles. The van der Waals surface area contributed by atoms with E-state index in [1.54, 1.807) is 23.6 Å². The summed E-state index contributed by atoms with van der Waals surface area (Å²) in [5, 5.41) is 13.8. The molecule has 0 saturated heterocycles. The van der Waals surface area contributed by atoms with Crippen LogP contribution in [0.3, 0.4) is 0 Å². The first-order valence-corrected chi connectivity index (χ1v) is 6.47. The normalized spacial score (nSPS) is 9.89. The smallest absolute Gasteiger partial charge is 0.230 e. The van der Waals surface area contributed by atoms with Crippen molar-refractivity contribution in [2.75, 3.05) is 11.1 Å². The number of nitriles is 1. The monoisotopic (exact) mass is 272 g/mol. The van der Waals surface area contributed by atoms with Crippen molar-refractivity contribution in [1.82, 2.24) is 4.98 Å². The Morgan fingerprint density at radius 1 is 1.58 bits per heavy atom. The molecule has 96 valence electrons. The van der Waals surface area contributed by atoms with Crippen molar-refractivity contribution in [3.05, 3.63) is 40.4 Å². The van der Waals surface area contributed by atoms with Crippen LogP contribution in [0.5, 0.6) is 0 Å². The fraction of sp³-hybridized carbons (Fsp3) is 0.154. The third-order valence-electron chi connectivity index (χ3n) is 2.55. The zero-order valence-electron chi connectivity index (χ0n) is 10.3. The summed E-state index contributed by atoms with van der Waals surface area (Å²) in [7, 11) is 0. The molecule has 0 fully saturated rings. The van der Waals surface area contributed by atoms with E-state index in [1.165, 1.54) is 11.3 Å². The molecule has 0 radical (unpaired) electrons. The van der Waals surface area contributed by atoms with Crippen molar-refractivity contribution in [2.45, 2.75) is 13.3 Å². The third-order valence-corrected chi connectivity index (χ3v) is 3.27. The van der Waals surface area contributed by atoms with Crippen LogP contribution in [0.25, 0.3) is 0 Å². The summed E-state index contributed by atoms with van der Waals surface area (Å²) in [5.74, 6) is -0.177. The van der Waals surface area contributed by atoms with E-state index >= 15 is 0 Å². The molecule has 0 saturated carbocycles. The number of hydrogen-bond donors (Lipinski definition) is 2. The second-order valence-corrected chi connectivity index (χ2v) is 4.93. The number of thiazole rings is 1.